The van der Waals surface area contributed by atoms with Gasteiger partial charge in [0, 0.05) is 34.7 Å². The molecule has 1 aromatic rings. The van der Waals surface area contributed by atoms with E-state index in [2.05, 4.69) is 15.5 Å². The first-order valence-electron chi connectivity index (χ1n) is 7.15. The predicted molar refractivity (Wildman–Crippen MR) is 89.4 cm³/mol. The van der Waals surface area contributed by atoms with Crippen LogP contribution in [0.4, 0.5) is 0 Å². The van der Waals surface area contributed by atoms with Crippen molar-refractivity contribution in [2.75, 3.05) is 13.1 Å². The third kappa shape index (κ3) is 2.20. The van der Waals surface area contributed by atoms with Gasteiger partial charge in [-0.3, -0.25) is 0 Å². The lowest BCUT2D eigenvalue weighted by Crippen LogP contribution is -2.55. The number of allylic oxidation sites excluding steroid dienone is 1. The topological polar surface area (TPSA) is 27.3 Å². The zero-order valence-corrected chi connectivity index (χ0v) is 13.7. The second-order valence-electron chi connectivity index (χ2n) is 5.76. The Morgan fingerprint density at radius 2 is 1.95 bits per heavy atom. The summed E-state index contributed by atoms with van der Waals surface area (Å²) < 4.78 is 0. The molecule has 0 amide bonds. The standard InChI is InChI=1S/C15H15Cl2N3S/c16-9-1-2-10(11(17)7-9)13-14-12(18-15(21)19-13)8-3-5-20(14)6-4-8/h1-2,7-8,13H,3-6H2,(H2,18,19,21)/t13-/m1/s1. The molecule has 5 rings (SSSR count). The average Bonchev–Trinajstić information content (AvgIpc) is 2.47. The van der Waals surface area contributed by atoms with Crippen LogP contribution in [0.3, 0.4) is 0 Å². The van der Waals surface area contributed by atoms with Crippen LogP contribution < -0.4 is 10.6 Å². The monoisotopic (exact) mass is 339 g/mol. The molecule has 1 saturated heterocycles. The van der Waals surface area contributed by atoms with Crippen LogP contribution in [0, 0.1) is 5.92 Å². The smallest absolute Gasteiger partial charge is 0.171 e. The summed E-state index contributed by atoms with van der Waals surface area (Å²) >= 11 is 17.8. The largest absolute Gasteiger partial charge is 0.371 e. The van der Waals surface area contributed by atoms with Crippen LogP contribution in [-0.4, -0.2) is 23.1 Å². The minimum atomic E-state index is 0.0154. The molecule has 6 heteroatoms. The van der Waals surface area contributed by atoms with Crippen LogP contribution in [0.1, 0.15) is 24.4 Å². The lowest BCUT2D eigenvalue weighted by molar-refractivity contribution is 0.181. The van der Waals surface area contributed by atoms with Gasteiger partial charge >= 0.3 is 0 Å². The lowest BCUT2D eigenvalue weighted by atomic mass is 9.83. The number of hydrogen-bond acceptors (Lipinski definition) is 2. The van der Waals surface area contributed by atoms with Crippen molar-refractivity contribution in [3.05, 3.63) is 45.2 Å². The van der Waals surface area contributed by atoms with E-state index in [0.29, 0.717) is 21.1 Å². The van der Waals surface area contributed by atoms with E-state index in [1.165, 1.54) is 24.2 Å². The van der Waals surface area contributed by atoms with E-state index in [0.717, 1.165) is 18.7 Å². The zero-order chi connectivity index (χ0) is 14.6. The SMILES string of the molecule is S=C1NC2=C([C@@H](c3ccc(Cl)cc3Cl)N1)N1CCC2CC1. The van der Waals surface area contributed by atoms with Crippen LogP contribution in [0.2, 0.25) is 10.0 Å². The molecule has 4 aliphatic heterocycles. The molecule has 1 atom stereocenters. The van der Waals surface area contributed by atoms with Crippen molar-refractivity contribution in [2.24, 2.45) is 5.92 Å². The summed E-state index contributed by atoms with van der Waals surface area (Å²) in [6, 6.07) is 5.68. The summed E-state index contributed by atoms with van der Waals surface area (Å²) in [5.41, 5.74) is 3.62. The summed E-state index contributed by atoms with van der Waals surface area (Å²) in [6.45, 7) is 2.22. The molecule has 0 aromatic heterocycles. The number of piperidine rings is 1. The first-order valence-corrected chi connectivity index (χ1v) is 8.31. The van der Waals surface area contributed by atoms with Gasteiger partial charge in [0.05, 0.1) is 11.7 Å². The molecule has 21 heavy (non-hydrogen) atoms. The van der Waals surface area contributed by atoms with E-state index in [9.17, 15) is 0 Å². The molecular formula is C15H15Cl2N3S. The molecule has 2 bridgehead atoms. The van der Waals surface area contributed by atoms with Gasteiger partial charge in [-0.05, 0) is 42.8 Å². The van der Waals surface area contributed by atoms with Crippen LogP contribution in [0.15, 0.2) is 29.6 Å². The Kier molecular flexibility index (Phi) is 3.28. The Morgan fingerprint density at radius 1 is 1.19 bits per heavy atom. The highest BCUT2D eigenvalue weighted by Crippen LogP contribution is 2.43. The summed E-state index contributed by atoms with van der Waals surface area (Å²) in [5, 5.41) is 8.75. The Hall–Kier alpha value is -0.970. The molecule has 4 aliphatic rings. The number of thiocarbonyl (C=S) groups is 1. The molecule has 0 unspecified atom stereocenters. The maximum Gasteiger partial charge on any atom is 0.171 e. The number of hydrogen-bond donors (Lipinski definition) is 2. The second-order valence-corrected chi connectivity index (χ2v) is 7.01. The van der Waals surface area contributed by atoms with Gasteiger partial charge in [-0.1, -0.05) is 29.3 Å². The van der Waals surface area contributed by atoms with Crippen molar-refractivity contribution in [3.8, 4) is 0 Å². The highest BCUT2D eigenvalue weighted by molar-refractivity contribution is 7.80. The molecule has 0 aliphatic carbocycles. The first-order chi connectivity index (χ1) is 10.1. The van der Waals surface area contributed by atoms with Crippen molar-refractivity contribution in [1.82, 2.24) is 15.5 Å². The third-order valence-corrected chi connectivity index (χ3v) is 5.37. The summed E-state index contributed by atoms with van der Waals surface area (Å²) in [7, 11) is 0. The van der Waals surface area contributed by atoms with Gasteiger partial charge in [-0.25, -0.2) is 0 Å². The quantitative estimate of drug-likeness (QED) is 0.766. The molecule has 4 heterocycles. The van der Waals surface area contributed by atoms with Crippen LogP contribution in [0.25, 0.3) is 0 Å². The fourth-order valence-corrected chi connectivity index (χ4v) is 4.36. The van der Waals surface area contributed by atoms with E-state index >= 15 is 0 Å². The minimum absolute atomic E-state index is 0.0154. The highest BCUT2D eigenvalue weighted by Gasteiger charge is 2.40. The number of nitrogens with zero attached hydrogens (tertiary/aromatic N) is 1. The number of fused-ring (bicyclic) bond motifs is 2. The van der Waals surface area contributed by atoms with Crippen LogP contribution >= 0.6 is 35.4 Å². The summed E-state index contributed by atoms with van der Waals surface area (Å²) in [5.74, 6) is 0.596. The highest BCUT2D eigenvalue weighted by atomic mass is 35.5. The third-order valence-electron chi connectivity index (χ3n) is 4.59. The Balaban J connectivity index is 1.83. The van der Waals surface area contributed by atoms with Crippen molar-refractivity contribution in [1.29, 1.82) is 0 Å². The molecule has 3 nitrogen and oxygen atoms in total. The van der Waals surface area contributed by atoms with Crippen molar-refractivity contribution in [2.45, 2.75) is 18.9 Å². The number of nitrogens with one attached hydrogen (secondary N) is 2. The molecule has 2 N–H and O–H groups in total. The number of rotatable bonds is 1. The molecule has 1 aromatic carbocycles. The zero-order valence-electron chi connectivity index (χ0n) is 11.3. The first kappa shape index (κ1) is 13.7. The molecule has 0 saturated carbocycles. The Labute approximate surface area is 139 Å². The van der Waals surface area contributed by atoms with Gasteiger partial charge in [-0.15, -0.1) is 0 Å². The van der Waals surface area contributed by atoms with Gasteiger partial charge in [0.2, 0.25) is 0 Å². The maximum absolute atomic E-state index is 6.41. The normalized spacial score (nSPS) is 24.8. The van der Waals surface area contributed by atoms with E-state index in [4.69, 9.17) is 35.4 Å². The predicted octanol–water partition coefficient (Wildman–Crippen LogP) is 3.45. The van der Waals surface area contributed by atoms with Crippen molar-refractivity contribution in [3.63, 3.8) is 0 Å². The van der Waals surface area contributed by atoms with Gasteiger partial charge in [0.15, 0.2) is 5.11 Å². The Morgan fingerprint density at radius 3 is 2.67 bits per heavy atom. The molecule has 0 spiro atoms. The minimum Gasteiger partial charge on any atom is -0.371 e. The van der Waals surface area contributed by atoms with Crippen molar-refractivity contribution >= 4 is 40.5 Å². The molecule has 1 fully saturated rings. The van der Waals surface area contributed by atoms with Gasteiger partial charge in [0.25, 0.3) is 0 Å². The fraction of sp³-hybridized carbons (Fsp3) is 0.400. The van der Waals surface area contributed by atoms with Gasteiger partial charge < -0.3 is 15.5 Å². The average molecular weight is 340 g/mol. The van der Waals surface area contributed by atoms with E-state index in [1.54, 1.807) is 6.07 Å². The number of halogens is 2. The lowest BCUT2D eigenvalue weighted by Gasteiger charge is -2.49. The van der Waals surface area contributed by atoms with Crippen molar-refractivity contribution < 1.29 is 0 Å². The van der Waals surface area contributed by atoms with E-state index in [1.807, 2.05) is 12.1 Å². The Bertz CT molecular complexity index is 650. The van der Waals surface area contributed by atoms with Gasteiger partial charge in [-0.2, -0.15) is 0 Å². The fourth-order valence-electron chi connectivity index (χ4n) is 3.61. The summed E-state index contributed by atoms with van der Waals surface area (Å²) in [4.78, 5) is 2.45. The number of benzene rings is 1. The molecule has 0 radical (unpaired) electrons. The maximum atomic E-state index is 6.41. The molecular weight excluding hydrogens is 325 g/mol. The second kappa shape index (κ2) is 5.04. The van der Waals surface area contributed by atoms with Crippen LogP contribution in [0.5, 0.6) is 0 Å². The van der Waals surface area contributed by atoms with Crippen LogP contribution in [-0.2, 0) is 0 Å². The van der Waals surface area contributed by atoms with E-state index < -0.39 is 0 Å². The summed E-state index contributed by atoms with van der Waals surface area (Å²) in [6.07, 6.45) is 2.41. The van der Waals surface area contributed by atoms with E-state index in [-0.39, 0.29) is 6.04 Å². The van der Waals surface area contributed by atoms with Gasteiger partial charge in [0.1, 0.15) is 0 Å². The molecule has 110 valence electrons.